The van der Waals surface area contributed by atoms with Crippen molar-refractivity contribution in [1.29, 1.82) is 5.26 Å². The predicted molar refractivity (Wildman–Crippen MR) is 123 cm³/mol. The van der Waals surface area contributed by atoms with Crippen LogP contribution in [0.4, 0.5) is 22.1 Å². The van der Waals surface area contributed by atoms with Crippen LogP contribution < -0.4 is 10.2 Å². The number of nitriles is 1. The second-order valence-corrected chi connectivity index (χ2v) is 9.69. The molecule has 2 atom stereocenters. The van der Waals surface area contributed by atoms with Gasteiger partial charge in [-0.25, -0.2) is 14.8 Å². The molecule has 3 heterocycles. The summed E-state index contributed by atoms with van der Waals surface area (Å²) >= 11 is 6.32. The molecule has 1 amide bonds. The summed E-state index contributed by atoms with van der Waals surface area (Å²) in [6.45, 7) is 9.04. The van der Waals surface area contributed by atoms with Crippen molar-refractivity contribution in [2.75, 3.05) is 23.3 Å². The fourth-order valence-electron chi connectivity index (χ4n) is 4.39. The number of nitrogens with one attached hydrogen (secondary N) is 1. The second-order valence-electron chi connectivity index (χ2n) is 9.28. The van der Waals surface area contributed by atoms with Gasteiger partial charge in [0.15, 0.2) is 0 Å². The van der Waals surface area contributed by atoms with Crippen molar-refractivity contribution in [2.24, 2.45) is 0 Å². The summed E-state index contributed by atoms with van der Waals surface area (Å²) in [4.78, 5) is 25.8. The zero-order chi connectivity index (χ0) is 23.0. The smallest absolute Gasteiger partial charge is 0.410 e. The van der Waals surface area contributed by atoms with Crippen LogP contribution in [0.15, 0.2) is 24.5 Å². The number of rotatable bonds is 3. The van der Waals surface area contributed by atoms with Crippen molar-refractivity contribution in [1.82, 2.24) is 14.9 Å². The molecule has 2 unspecified atom stereocenters. The molecule has 9 heteroatoms. The van der Waals surface area contributed by atoms with Crippen LogP contribution in [-0.2, 0) is 4.74 Å². The number of ether oxygens (including phenoxy) is 1. The van der Waals surface area contributed by atoms with Crippen LogP contribution in [0.25, 0.3) is 0 Å². The van der Waals surface area contributed by atoms with Crippen LogP contribution in [0.3, 0.4) is 0 Å². The SMILES string of the molecule is Cc1c(Nc2ccc(C#N)cc2Cl)ncnc1N1CC2CCC(C1)N2C(=O)OC(C)(C)C. The van der Waals surface area contributed by atoms with Gasteiger partial charge in [-0.1, -0.05) is 11.6 Å². The first-order valence-corrected chi connectivity index (χ1v) is 11.1. The highest BCUT2D eigenvalue weighted by molar-refractivity contribution is 6.33. The summed E-state index contributed by atoms with van der Waals surface area (Å²) in [6.07, 6.45) is 3.21. The van der Waals surface area contributed by atoms with Crippen molar-refractivity contribution in [3.63, 3.8) is 0 Å². The summed E-state index contributed by atoms with van der Waals surface area (Å²) in [5.74, 6) is 1.50. The molecule has 4 rings (SSSR count). The highest BCUT2D eigenvalue weighted by atomic mass is 35.5. The maximum atomic E-state index is 12.7. The molecule has 2 fully saturated rings. The number of hydrogen-bond donors (Lipinski definition) is 1. The maximum Gasteiger partial charge on any atom is 0.410 e. The Kier molecular flexibility index (Phi) is 5.87. The van der Waals surface area contributed by atoms with Gasteiger partial charge in [0.25, 0.3) is 0 Å². The summed E-state index contributed by atoms with van der Waals surface area (Å²) in [5.41, 5.74) is 1.56. The summed E-state index contributed by atoms with van der Waals surface area (Å²) in [7, 11) is 0. The molecule has 2 saturated heterocycles. The lowest BCUT2D eigenvalue weighted by molar-refractivity contribution is 0.0122. The molecule has 168 valence electrons. The number of fused-ring (bicyclic) bond motifs is 2. The number of aromatic nitrogens is 2. The molecule has 0 radical (unpaired) electrons. The lowest BCUT2D eigenvalue weighted by Crippen LogP contribution is -2.57. The average Bonchev–Trinajstić information content (AvgIpc) is 2.99. The predicted octanol–water partition coefficient (Wildman–Crippen LogP) is 4.64. The normalized spacial score (nSPS) is 20.1. The number of nitrogens with zero attached hydrogens (tertiary/aromatic N) is 5. The van der Waals surface area contributed by atoms with Crippen LogP contribution in [0, 0.1) is 18.3 Å². The Bertz CT molecular complexity index is 1060. The second kappa shape index (κ2) is 8.47. The third kappa shape index (κ3) is 4.44. The van der Waals surface area contributed by atoms with Gasteiger partial charge >= 0.3 is 6.09 Å². The van der Waals surface area contributed by atoms with Crippen molar-refractivity contribution in [3.05, 3.63) is 40.7 Å². The number of hydrogen-bond acceptors (Lipinski definition) is 7. The Balaban J connectivity index is 1.53. The van der Waals surface area contributed by atoms with Crippen molar-refractivity contribution in [2.45, 2.75) is 58.2 Å². The first-order chi connectivity index (χ1) is 15.2. The number of anilines is 3. The van der Waals surface area contributed by atoms with Gasteiger partial charge in [0, 0.05) is 18.7 Å². The number of halogens is 1. The van der Waals surface area contributed by atoms with Gasteiger partial charge in [0.1, 0.15) is 23.6 Å². The minimum absolute atomic E-state index is 0.0994. The van der Waals surface area contributed by atoms with Gasteiger partial charge in [-0.2, -0.15) is 5.26 Å². The van der Waals surface area contributed by atoms with E-state index >= 15 is 0 Å². The largest absolute Gasteiger partial charge is 0.444 e. The molecule has 8 nitrogen and oxygen atoms in total. The Morgan fingerprint density at radius 2 is 1.94 bits per heavy atom. The average molecular weight is 455 g/mol. The summed E-state index contributed by atoms with van der Waals surface area (Å²) in [6, 6.07) is 7.37. The molecule has 0 saturated carbocycles. The molecule has 2 aromatic rings. The van der Waals surface area contributed by atoms with E-state index in [0.29, 0.717) is 35.2 Å². The molecule has 2 aliphatic heterocycles. The van der Waals surface area contributed by atoms with Crippen LogP contribution in [0.1, 0.15) is 44.7 Å². The van der Waals surface area contributed by atoms with Gasteiger partial charge in [-0.3, -0.25) is 4.90 Å². The van der Waals surface area contributed by atoms with E-state index in [2.05, 4.69) is 26.3 Å². The first kappa shape index (κ1) is 22.2. The topological polar surface area (TPSA) is 94.4 Å². The number of carbonyl (C=O) groups excluding carboxylic acids is 1. The van der Waals surface area contributed by atoms with Crippen LogP contribution in [-0.4, -0.2) is 51.7 Å². The van der Waals surface area contributed by atoms with E-state index in [1.54, 1.807) is 18.2 Å². The Labute approximate surface area is 193 Å². The molecule has 0 aliphatic carbocycles. The van der Waals surface area contributed by atoms with Crippen LogP contribution in [0.5, 0.6) is 0 Å². The minimum Gasteiger partial charge on any atom is -0.444 e. The third-order valence-electron chi connectivity index (χ3n) is 5.79. The molecule has 1 N–H and O–H groups in total. The quantitative estimate of drug-likeness (QED) is 0.721. The zero-order valence-electron chi connectivity index (χ0n) is 18.7. The summed E-state index contributed by atoms with van der Waals surface area (Å²) < 4.78 is 5.64. The number of carbonyl (C=O) groups is 1. The van der Waals surface area contributed by atoms with E-state index in [9.17, 15) is 4.79 Å². The van der Waals surface area contributed by atoms with E-state index in [-0.39, 0.29) is 18.2 Å². The lowest BCUT2D eigenvalue weighted by atomic mass is 10.1. The van der Waals surface area contributed by atoms with E-state index < -0.39 is 5.60 Å². The van der Waals surface area contributed by atoms with Crippen molar-refractivity contribution >= 4 is 35.0 Å². The van der Waals surface area contributed by atoms with E-state index in [1.165, 1.54) is 6.33 Å². The molecule has 2 aliphatic rings. The number of benzene rings is 1. The Morgan fingerprint density at radius 1 is 1.25 bits per heavy atom. The zero-order valence-corrected chi connectivity index (χ0v) is 19.5. The van der Waals surface area contributed by atoms with Crippen LogP contribution >= 0.6 is 11.6 Å². The molecular formula is C23H27ClN6O2. The molecule has 1 aromatic carbocycles. The molecule has 2 bridgehead atoms. The fourth-order valence-corrected chi connectivity index (χ4v) is 4.62. The highest BCUT2D eigenvalue weighted by Gasteiger charge is 2.44. The van der Waals surface area contributed by atoms with Gasteiger partial charge in [0.05, 0.1) is 34.4 Å². The standard InChI is InChI=1S/C23H27ClN6O2/c1-14-20(28-19-8-5-15(10-25)9-18(19)24)26-13-27-21(14)29-11-16-6-7-17(12-29)30(16)22(31)32-23(2,3)4/h5,8-9,13,16-17H,6-7,11-12H2,1-4H3,(H,26,27,28). The molecule has 1 aromatic heterocycles. The van der Waals surface area contributed by atoms with E-state index in [4.69, 9.17) is 21.6 Å². The third-order valence-corrected chi connectivity index (χ3v) is 6.11. The lowest BCUT2D eigenvalue weighted by Gasteiger charge is -2.42. The molecular weight excluding hydrogens is 428 g/mol. The monoisotopic (exact) mass is 454 g/mol. The fraction of sp³-hybridized carbons (Fsp3) is 0.478. The van der Waals surface area contributed by atoms with Crippen molar-refractivity contribution < 1.29 is 9.53 Å². The Hall–Kier alpha value is -3.05. The molecule has 32 heavy (non-hydrogen) atoms. The maximum absolute atomic E-state index is 12.7. The number of piperazine rings is 1. The highest BCUT2D eigenvalue weighted by Crippen LogP contribution is 2.36. The Morgan fingerprint density at radius 3 is 2.53 bits per heavy atom. The van der Waals surface area contributed by atoms with Gasteiger partial charge < -0.3 is 15.0 Å². The first-order valence-electron chi connectivity index (χ1n) is 10.7. The van der Waals surface area contributed by atoms with E-state index in [1.807, 2.05) is 32.6 Å². The minimum atomic E-state index is -0.510. The summed E-state index contributed by atoms with van der Waals surface area (Å²) in [5, 5.41) is 12.7. The molecule has 0 spiro atoms. The van der Waals surface area contributed by atoms with Gasteiger partial charge in [0.2, 0.25) is 0 Å². The van der Waals surface area contributed by atoms with Crippen molar-refractivity contribution in [3.8, 4) is 6.07 Å². The van der Waals surface area contributed by atoms with Gasteiger partial charge in [-0.05, 0) is 58.7 Å². The van der Waals surface area contributed by atoms with E-state index in [0.717, 1.165) is 24.2 Å². The van der Waals surface area contributed by atoms with Crippen LogP contribution in [0.2, 0.25) is 5.02 Å². The number of amides is 1. The van der Waals surface area contributed by atoms with Gasteiger partial charge in [-0.15, -0.1) is 0 Å².